The number of benzene rings is 2. The third-order valence-electron chi connectivity index (χ3n) is 5.26. The summed E-state index contributed by atoms with van der Waals surface area (Å²) in [6.07, 6.45) is 0.624. The summed E-state index contributed by atoms with van der Waals surface area (Å²) in [7, 11) is 1.56. The number of nitrogens with one attached hydrogen (secondary N) is 1. The van der Waals surface area contributed by atoms with E-state index in [4.69, 9.17) is 4.74 Å². The number of anilines is 2. The van der Waals surface area contributed by atoms with Crippen molar-refractivity contribution >= 4 is 35.0 Å². The van der Waals surface area contributed by atoms with Gasteiger partial charge in [0.05, 0.1) is 18.8 Å². The molecule has 2 aliphatic rings. The Morgan fingerprint density at radius 1 is 0.967 bits per heavy atom. The molecule has 4 rings (SSSR count). The molecule has 1 atom stereocenters. The summed E-state index contributed by atoms with van der Waals surface area (Å²) in [4.78, 5) is 51.5. The van der Waals surface area contributed by atoms with Gasteiger partial charge in [-0.1, -0.05) is 6.07 Å². The van der Waals surface area contributed by atoms with E-state index in [1.165, 1.54) is 0 Å². The minimum absolute atomic E-state index is 0.0741. The fraction of sp³-hybridized carbons (Fsp3) is 0.273. The summed E-state index contributed by atoms with van der Waals surface area (Å²) < 4.78 is 5.21. The van der Waals surface area contributed by atoms with Crippen LogP contribution in [0.1, 0.15) is 29.6 Å². The quantitative estimate of drug-likeness (QED) is 0.764. The Morgan fingerprint density at radius 2 is 1.67 bits per heavy atom. The highest BCUT2D eigenvalue weighted by atomic mass is 16.5. The maximum atomic E-state index is 12.6. The van der Waals surface area contributed by atoms with E-state index in [1.807, 2.05) is 12.1 Å². The van der Waals surface area contributed by atoms with Crippen molar-refractivity contribution in [1.29, 1.82) is 0 Å². The number of ether oxygens (including phenoxy) is 1. The number of carbonyl (C=O) groups is 4. The second-order valence-electron chi connectivity index (χ2n) is 7.25. The van der Waals surface area contributed by atoms with Crippen molar-refractivity contribution in [2.24, 2.45) is 0 Å². The predicted molar refractivity (Wildman–Crippen MR) is 109 cm³/mol. The lowest BCUT2D eigenvalue weighted by molar-refractivity contribution is -0.121. The van der Waals surface area contributed by atoms with Crippen molar-refractivity contribution in [3.05, 3.63) is 54.1 Å². The summed E-state index contributed by atoms with van der Waals surface area (Å²) in [5.41, 5.74) is 1.57. The molecule has 0 aliphatic carbocycles. The van der Waals surface area contributed by atoms with Gasteiger partial charge >= 0.3 is 0 Å². The zero-order valence-electron chi connectivity index (χ0n) is 16.5. The van der Waals surface area contributed by atoms with Crippen LogP contribution in [0.15, 0.2) is 48.5 Å². The fourth-order valence-electron chi connectivity index (χ4n) is 3.73. The lowest BCUT2D eigenvalue weighted by atomic mass is 10.1. The average molecular weight is 407 g/mol. The molecule has 154 valence electrons. The molecule has 8 heteroatoms. The number of nitrogens with zero attached hydrogens (tertiary/aromatic N) is 2. The molecule has 0 bridgehead atoms. The Morgan fingerprint density at radius 3 is 2.33 bits per heavy atom. The molecule has 2 heterocycles. The zero-order valence-corrected chi connectivity index (χ0v) is 16.5. The van der Waals surface area contributed by atoms with Gasteiger partial charge in [0, 0.05) is 43.1 Å². The SMILES string of the molecule is COc1cccc(N2CC(NC(=O)c3ccc(N4C(=O)CCC4=O)cc3)CC2=O)c1. The maximum Gasteiger partial charge on any atom is 0.251 e. The molecule has 1 unspecified atom stereocenters. The Labute approximate surface area is 173 Å². The highest BCUT2D eigenvalue weighted by molar-refractivity contribution is 6.19. The standard InChI is InChI=1S/C22H21N3O5/c1-30-18-4-2-3-17(12-18)24-13-15(11-21(24)28)23-22(29)14-5-7-16(8-6-14)25-19(26)9-10-20(25)27/h2-8,12,15H,9-11,13H2,1H3,(H,23,29). The van der Waals surface area contributed by atoms with E-state index in [0.717, 1.165) is 10.6 Å². The van der Waals surface area contributed by atoms with E-state index in [9.17, 15) is 19.2 Å². The van der Waals surface area contributed by atoms with Crippen LogP contribution >= 0.6 is 0 Å². The minimum Gasteiger partial charge on any atom is -0.497 e. The molecule has 1 N–H and O–H groups in total. The third kappa shape index (κ3) is 3.76. The minimum atomic E-state index is -0.322. The molecule has 8 nitrogen and oxygen atoms in total. The van der Waals surface area contributed by atoms with Gasteiger partial charge < -0.3 is 15.0 Å². The molecule has 2 aromatic rings. The second kappa shape index (κ2) is 7.98. The van der Waals surface area contributed by atoms with Crippen molar-refractivity contribution in [2.75, 3.05) is 23.5 Å². The molecular weight excluding hydrogens is 386 g/mol. The molecule has 2 saturated heterocycles. The zero-order chi connectivity index (χ0) is 21.3. The number of hydrogen-bond donors (Lipinski definition) is 1. The number of carbonyl (C=O) groups excluding carboxylic acids is 4. The van der Waals surface area contributed by atoms with Gasteiger partial charge in [0.2, 0.25) is 17.7 Å². The first-order valence-electron chi connectivity index (χ1n) is 9.67. The van der Waals surface area contributed by atoms with Gasteiger partial charge in [0.25, 0.3) is 5.91 Å². The van der Waals surface area contributed by atoms with E-state index < -0.39 is 0 Å². The van der Waals surface area contributed by atoms with Crippen LogP contribution in [-0.4, -0.2) is 43.3 Å². The van der Waals surface area contributed by atoms with Crippen LogP contribution in [0.5, 0.6) is 5.75 Å². The molecule has 0 saturated carbocycles. The molecule has 0 radical (unpaired) electrons. The van der Waals surface area contributed by atoms with Crippen molar-refractivity contribution in [2.45, 2.75) is 25.3 Å². The number of methoxy groups -OCH3 is 1. The smallest absolute Gasteiger partial charge is 0.251 e. The largest absolute Gasteiger partial charge is 0.497 e. The van der Waals surface area contributed by atoms with E-state index >= 15 is 0 Å². The predicted octanol–water partition coefficient (Wildman–Crippen LogP) is 1.88. The molecular formula is C22H21N3O5. The Hall–Kier alpha value is -3.68. The van der Waals surface area contributed by atoms with E-state index in [0.29, 0.717) is 23.5 Å². The Bertz CT molecular complexity index is 1000. The van der Waals surface area contributed by atoms with Gasteiger partial charge in [0.15, 0.2) is 0 Å². The number of rotatable bonds is 5. The monoisotopic (exact) mass is 407 g/mol. The van der Waals surface area contributed by atoms with Crippen LogP contribution in [0, 0.1) is 0 Å². The summed E-state index contributed by atoms with van der Waals surface area (Å²) >= 11 is 0. The van der Waals surface area contributed by atoms with Crippen molar-refractivity contribution in [3.63, 3.8) is 0 Å². The van der Waals surface area contributed by atoms with Gasteiger partial charge in [-0.3, -0.25) is 24.1 Å². The van der Waals surface area contributed by atoms with Crippen LogP contribution in [-0.2, 0) is 14.4 Å². The molecule has 2 fully saturated rings. The van der Waals surface area contributed by atoms with Crippen LogP contribution < -0.4 is 19.9 Å². The number of hydrogen-bond acceptors (Lipinski definition) is 5. The van der Waals surface area contributed by atoms with E-state index in [-0.39, 0.29) is 48.9 Å². The topological polar surface area (TPSA) is 96.0 Å². The highest BCUT2D eigenvalue weighted by Gasteiger charge is 2.32. The summed E-state index contributed by atoms with van der Waals surface area (Å²) in [6.45, 7) is 0.368. The Balaban J connectivity index is 1.41. The number of amides is 4. The molecule has 0 spiro atoms. The van der Waals surface area contributed by atoms with Gasteiger partial charge in [-0.2, -0.15) is 0 Å². The molecule has 0 aromatic heterocycles. The highest BCUT2D eigenvalue weighted by Crippen LogP contribution is 2.26. The summed E-state index contributed by atoms with van der Waals surface area (Å²) in [5, 5.41) is 2.88. The molecule has 2 aromatic carbocycles. The average Bonchev–Trinajstić information content (AvgIpc) is 3.29. The first-order chi connectivity index (χ1) is 14.5. The first-order valence-corrected chi connectivity index (χ1v) is 9.67. The van der Waals surface area contributed by atoms with Gasteiger partial charge in [-0.15, -0.1) is 0 Å². The Kier molecular flexibility index (Phi) is 5.22. The fourth-order valence-corrected chi connectivity index (χ4v) is 3.73. The van der Waals surface area contributed by atoms with Crippen LogP contribution in [0.4, 0.5) is 11.4 Å². The summed E-state index contributed by atoms with van der Waals surface area (Å²) in [6, 6.07) is 13.2. The lowest BCUT2D eigenvalue weighted by Crippen LogP contribution is -2.37. The van der Waals surface area contributed by atoms with Crippen molar-refractivity contribution in [1.82, 2.24) is 5.32 Å². The van der Waals surface area contributed by atoms with Crippen LogP contribution in [0.25, 0.3) is 0 Å². The summed E-state index contributed by atoms with van der Waals surface area (Å²) in [5.74, 6) is -0.206. The first kappa shape index (κ1) is 19.6. The third-order valence-corrected chi connectivity index (χ3v) is 5.26. The van der Waals surface area contributed by atoms with Gasteiger partial charge in [-0.05, 0) is 36.4 Å². The van der Waals surface area contributed by atoms with Crippen LogP contribution in [0.3, 0.4) is 0 Å². The van der Waals surface area contributed by atoms with Crippen molar-refractivity contribution in [3.8, 4) is 5.75 Å². The molecule has 4 amide bonds. The number of imide groups is 1. The van der Waals surface area contributed by atoms with Gasteiger partial charge in [0.1, 0.15) is 5.75 Å². The lowest BCUT2D eigenvalue weighted by Gasteiger charge is -2.18. The van der Waals surface area contributed by atoms with Crippen molar-refractivity contribution < 1.29 is 23.9 Å². The molecule has 2 aliphatic heterocycles. The maximum absolute atomic E-state index is 12.6. The second-order valence-corrected chi connectivity index (χ2v) is 7.25. The van der Waals surface area contributed by atoms with Gasteiger partial charge in [-0.25, -0.2) is 0 Å². The van der Waals surface area contributed by atoms with Crippen LogP contribution in [0.2, 0.25) is 0 Å². The van der Waals surface area contributed by atoms with E-state index in [1.54, 1.807) is 48.4 Å². The van der Waals surface area contributed by atoms with E-state index in [2.05, 4.69) is 5.32 Å². The normalized spacial score (nSPS) is 18.8. The molecule has 30 heavy (non-hydrogen) atoms.